The number of hydrogen-bond acceptors (Lipinski definition) is 3. The summed E-state index contributed by atoms with van der Waals surface area (Å²) in [5, 5.41) is 0. The predicted molar refractivity (Wildman–Crippen MR) is 124 cm³/mol. The molecule has 32 heavy (non-hydrogen) atoms. The molecule has 4 heteroatoms. The summed E-state index contributed by atoms with van der Waals surface area (Å²) in [4.78, 5) is 41.0. The third kappa shape index (κ3) is 2.84. The van der Waals surface area contributed by atoms with Crippen molar-refractivity contribution in [2.75, 3.05) is 0 Å². The first-order chi connectivity index (χ1) is 15.2. The molecule has 1 aromatic rings. The van der Waals surface area contributed by atoms with Crippen LogP contribution < -0.4 is 0 Å². The number of amides is 3. The predicted octanol–water partition coefficient (Wildman–Crippen LogP) is 5.94. The summed E-state index contributed by atoms with van der Waals surface area (Å²) in [6, 6.07) is 6.78. The van der Waals surface area contributed by atoms with Gasteiger partial charge < -0.3 is 0 Å². The van der Waals surface area contributed by atoms with E-state index in [0.717, 1.165) is 43.4 Å². The molecular formula is C28H33NO3. The molecule has 5 rings (SSSR count). The lowest BCUT2D eigenvalue weighted by Gasteiger charge is -2.58. The Labute approximate surface area is 190 Å². The SMILES string of the molecule is CC(C)C1=CC2=CC[C@@H]3[C@@](C)(CCC[C@@]3(C)C(=O)N3C(=O)c4ccccc4C3=O)[C@@H]2CC1. The van der Waals surface area contributed by atoms with Gasteiger partial charge in [0.25, 0.3) is 11.8 Å². The number of nitrogens with zero attached hydrogens (tertiary/aromatic N) is 1. The zero-order valence-corrected chi connectivity index (χ0v) is 19.6. The Morgan fingerprint density at radius 1 is 1.06 bits per heavy atom. The summed E-state index contributed by atoms with van der Waals surface area (Å²) in [5.41, 5.74) is 2.94. The lowest BCUT2D eigenvalue weighted by molar-refractivity contribution is -0.150. The van der Waals surface area contributed by atoms with Gasteiger partial charge in [-0.1, -0.05) is 64.0 Å². The Bertz CT molecular complexity index is 1040. The first-order valence-electron chi connectivity index (χ1n) is 12.1. The number of allylic oxidation sites excluding steroid dienone is 4. The van der Waals surface area contributed by atoms with E-state index in [9.17, 15) is 14.4 Å². The smallest absolute Gasteiger partial charge is 0.268 e. The normalized spacial score (nSPS) is 34.0. The molecule has 3 amide bonds. The fourth-order valence-corrected chi connectivity index (χ4v) is 7.23. The van der Waals surface area contributed by atoms with Crippen molar-refractivity contribution in [1.29, 1.82) is 0 Å². The number of carbonyl (C=O) groups is 3. The molecule has 0 aromatic heterocycles. The molecule has 3 aliphatic carbocycles. The second-order valence-corrected chi connectivity index (χ2v) is 11.0. The Morgan fingerprint density at radius 3 is 2.34 bits per heavy atom. The molecule has 0 spiro atoms. The minimum Gasteiger partial charge on any atom is -0.273 e. The van der Waals surface area contributed by atoms with Gasteiger partial charge in [-0.25, -0.2) is 4.90 Å². The molecule has 0 N–H and O–H groups in total. The maximum Gasteiger partial charge on any atom is 0.268 e. The number of fused-ring (bicyclic) bond motifs is 4. The highest BCUT2D eigenvalue weighted by atomic mass is 16.2. The van der Waals surface area contributed by atoms with Crippen LogP contribution >= 0.6 is 0 Å². The van der Waals surface area contributed by atoms with Crippen LogP contribution in [0.4, 0.5) is 0 Å². The second-order valence-electron chi connectivity index (χ2n) is 11.0. The number of carbonyl (C=O) groups excluding carboxylic acids is 3. The van der Waals surface area contributed by atoms with Gasteiger partial charge in [0.05, 0.1) is 16.5 Å². The van der Waals surface area contributed by atoms with Crippen molar-refractivity contribution >= 4 is 17.7 Å². The molecule has 1 heterocycles. The second kappa shape index (κ2) is 7.26. The van der Waals surface area contributed by atoms with Crippen LogP contribution in [0.15, 0.2) is 47.6 Å². The summed E-state index contributed by atoms with van der Waals surface area (Å²) >= 11 is 0. The molecule has 0 saturated heterocycles. The van der Waals surface area contributed by atoms with E-state index in [1.165, 1.54) is 11.1 Å². The zero-order chi connectivity index (χ0) is 22.8. The maximum absolute atomic E-state index is 14.0. The Morgan fingerprint density at radius 2 is 1.72 bits per heavy atom. The summed E-state index contributed by atoms with van der Waals surface area (Å²) < 4.78 is 0. The van der Waals surface area contributed by atoms with Crippen LogP contribution in [0.3, 0.4) is 0 Å². The van der Waals surface area contributed by atoms with Gasteiger partial charge in [-0.15, -0.1) is 0 Å². The van der Waals surface area contributed by atoms with Crippen molar-refractivity contribution < 1.29 is 14.4 Å². The maximum atomic E-state index is 14.0. The van der Waals surface area contributed by atoms with Crippen LogP contribution in [-0.4, -0.2) is 22.6 Å². The third-order valence-corrected chi connectivity index (χ3v) is 9.07. The fraction of sp³-hybridized carbons (Fsp3) is 0.536. The van der Waals surface area contributed by atoms with Crippen LogP contribution in [0, 0.1) is 28.6 Å². The molecule has 1 saturated carbocycles. The average molecular weight is 432 g/mol. The topological polar surface area (TPSA) is 54.5 Å². The van der Waals surface area contributed by atoms with Crippen LogP contribution in [-0.2, 0) is 4.79 Å². The van der Waals surface area contributed by atoms with Gasteiger partial charge in [-0.2, -0.15) is 0 Å². The van der Waals surface area contributed by atoms with E-state index < -0.39 is 17.2 Å². The van der Waals surface area contributed by atoms with Crippen LogP contribution in [0.2, 0.25) is 0 Å². The molecule has 4 nitrogen and oxygen atoms in total. The zero-order valence-electron chi connectivity index (χ0n) is 19.6. The molecule has 0 bridgehead atoms. The number of rotatable bonds is 2. The Kier molecular flexibility index (Phi) is 4.85. The molecule has 1 aromatic carbocycles. The number of hydrogen-bond donors (Lipinski definition) is 0. The van der Waals surface area contributed by atoms with Gasteiger partial charge in [0.1, 0.15) is 0 Å². The third-order valence-electron chi connectivity index (χ3n) is 9.07. The van der Waals surface area contributed by atoms with Gasteiger partial charge in [0, 0.05) is 0 Å². The Hall–Kier alpha value is -2.49. The standard InChI is InChI=1S/C28H33NO3/c1-17(2)18-10-12-22-19(16-18)11-13-23-27(22,3)14-7-15-28(23,4)26(32)29-24(30)20-8-5-6-9-21(20)25(29)31/h5-6,8-9,11,16-17,22-23H,7,10,12-15H2,1-4H3/t22-,23-,27+,28-/m1/s1. The van der Waals surface area contributed by atoms with Crippen LogP contribution in [0.25, 0.3) is 0 Å². The molecular weight excluding hydrogens is 398 g/mol. The lowest BCUT2D eigenvalue weighted by Crippen LogP contribution is -2.57. The number of benzene rings is 1. The van der Waals surface area contributed by atoms with Crippen LogP contribution in [0.1, 0.15) is 86.9 Å². The first-order valence-corrected chi connectivity index (χ1v) is 12.1. The van der Waals surface area contributed by atoms with Gasteiger partial charge in [0.2, 0.25) is 5.91 Å². The molecule has 0 radical (unpaired) electrons. The van der Waals surface area contributed by atoms with Crippen molar-refractivity contribution in [3.63, 3.8) is 0 Å². The van der Waals surface area contributed by atoms with Gasteiger partial charge in [0.15, 0.2) is 0 Å². The largest absolute Gasteiger partial charge is 0.273 e. The molecule has 168 valence electrons. The molecule has 1 fully saturated rings. The molecule has 0 unspecified atom stereocenters. The van der Waals surface area contributed by atoms with Crippen molar-refractivity contribution in [1.82, 2.24) is 4.90 Å². The quantitative estimate of drug-likeness (QED) is 0.544. The van der Waals surface area contributed by atoms with E-state index >= 15 is 0 Å². The summed E-state index contributed by atoms with van der Waals surface area (Å²) in [5.74, 6) is -0.0848. The average Bonchev–Trinajstić information content (AvgIpc) is 3.03. The minimum atomic E-state index is -0.718. The summed E-state index contributed by atoms with van der Waals surface area (Å²) in [6.07, 6.45) is 10.6. The van der Waals surface area contributed by atoms with E-state index in [-0.39, 0.29) is 17.2 Å². The van der Waals surface area contributed by atoms with Crippen molar-refractivity contribution in [3.05, 3.63) is 58.7 Å². The van der Waals surface area contributed by atoms with Crippen molar-refractivity contribution in [2.24, 2.45) is 28.6 Å². The summed E-state index contributed by atoms with van der Waals surface area (Å²) in [7, 11) is 0. The van der Waals surface area contributed by atoms with E-state index in [4.69, 9.17) is 0 Å². The molecule has 4 atom stereocenters. The highest BCUT2D eigenvalue weighted by Crippen LogP contribution is 2.62. The highest BCUT2D eigenvalue weighted by Gasteiger charge is 2.59. The summed E-state index contributed by atoms with van der Waals surface area (Å²) in [6.45, 7) is 8.89. The molecule has 4 aliphatic rings. The number of imide groups is 3. The monoisotopic (exact) mass is 431 g/mol. The van der Waals surface area contributed by atoms with Crippen molar-refractivity contribution in [2.45, 2.75) is 66.2 Å². The fourth-order valence-electron chi connectivity index (χ4n) is 7.23. The highest BCUT2D eigenvalue weighted by molar-refractivity contribution is 6.29. The van der Waals surface area contributed by atoms with Gasteiger partial charge >= 0.3 is 0 Å². The van der Waals surface area contributed by atoms with E-state index in [1.54, 1.807) is 24.3 Å². The first kappa shape index (κ1) is 21.4. The van der Waals surface area contributed by atoms with Gasteiger partial charge in [-0.3, -0.25) is 14.4 Å². The van der Waals surface area contributed by atoms with Gasteiger partial charge in [-0.05, 0) is 73.0 Å². The van der Waals surface area contributed by atoms with Crippen LogP contribution in [0.5, 0.6) is 0 Å². The van der Waals surface area contributed by atoms with E-state index in [2.05, 4.69) is 32.9 Å². The minimum absolute atomic E-state index is 0.00439. The lowest BCUT2D eigenvalue weighted by atomic mass is 9.46. The molecule has 1 aliphatic heterocycles. The van der Waals surface area contributed by atoms with E-state index in [1.807, 2.05) is 6.92 Å². The van der Waals surface area contributed by atoms with E-state index in [0.29, 0.717) is 23.0 Å². The Balaban J connectivity index is 1.51. The van der Waals surface area contributed by atoms with Crippen molar-refractivity contribution in [3.8, 4) is 0 Å².